The standard InChI is InChI=1S/C11H16Br2OS/c1-3-5-7-15-10-9(12)8(6-4-2)14-11(10)13/h3-7H2,1-2H3. The lowest BCUT2D eigenvalue weighted by atomic mass is 10.3. The summed E-state index contributed by atoms with van der Waals surface area (Å²) >= 11 is 8.94. The molecular weight excluding hydrogens is 340 g/mol. The Balaban J connectivity index is 2.69. The fraction of sp³-hybridized carbons (Fsp3) is 0.636. The highest BCUT2D eigenvalue weighted by Crippen LogP contribution is 2.40. The predicted molar refractivity (Wildman–Crippen MR) is 73.7 cm³/mol. The van der Waals surface area contributed by atoms with Crippen LogP contribution in [0.25, 0.3) is 0 Å². The number of thioether (sulfide) groups is 1. The van der Waals surface area contributed by atoms with Crippen molar-refractivity contribution in [3.8, 4) is 0 Å². The lowest BCUT2D eigenvalue weighted by molar-refractivity contribution is 0.479. The summed E-state index contributed by atoms with van der Waals surface area (Å²) in [6.45, 7) is 4.37. The molecule has 1 heterocycles. The molecule has 1 aromatic heterocycles. The zero-order valence-electron chi connectivity index (χ0n) is 9.11. The van der Waals surface area contributed by atoms with E-state index in [9.17, 15) is 0 Å². The van der Waals surface area contributed by atoms with Gasteiger partial charge in [0.1, 0.15) is 5.76 Å². The van der Waals surface area contributed by atoms with Crippen LogP contribution in [0, 0.1) is 0 Å². The Labute approximate surface area is 113 Å². The monoisotopic (exact) mass is 354 g/mol. The number of rotatable bonds is 6. The average molecular weight is 356 g/mol. The first-order chi connectivity index (χ1) is 7.20. The molecule has 1 aromatic rings. The molecule has 0 aliphatic heterocycles. The molecule has 0 aromatic carbocycles. The Morgan fingerprint density at radius 2 is 1.93 bits per heavy atom. The second-order valence-electron chi connectivity index (χ2n) is 3.39. The van der Waals surface area contributed by atoms with E-state index in [2.05, 4.69) is 45.7 Å². The molecule has 0 spiro atoms. The summed E-state index contributed by atoms with van der Waals surface area (Å²) in [6, 6.07) is 0. The van der Waals surface area contributed by atoms with Crippen molar-refractivity contribution in [3.63, 3.8) is 0 Å². The molecule has 0 saturated carbocycles. The van der Waals surface area contributed by atoms with E-state index >= 15 is 0 Å². The normalized spacial score (nSPS) is 10.9. The summed E-state index contributed by atoms with van der Waals surface area (Å²) in [5, 5.41) is 0. The van der Waals surface area contributed by atoms with Gasteiger partial charge in [-0.05, 0) is 50.5 Å². The Bertz CT molecular complexity index is 310. The minimum Gasteiger partial charge on any atom is -0.452 e. The van der Waals surface area contributed by atoms with Crippen molar-refractivity contribution in [2.24, 2.45) is 0 Å². The lowest BCUT2D eigenvalue weighted by Gasteiger charge is -1.98. The van der Waals surface area contributed by atoms with Gasteiger partial charge in [-0.2, -0.15) is 0 Å². The fourth-order valence-corrected chi connectivity index (χ4v) is 4.08. The SMILES string of the molecule is CCCCSc1c(Br)oc(CCC)c1Br. The van der Waals surface area contributed by atoms with E-state index in [1.165, 1.54) is 17.7 Å². The number of aryl methyl sites for hydroxylation is 1. The van der Waals surface area contributed by atoms with E-state index in [-0.39, 0.29) is 0 Å². The third kappa shape index (κ3) is 3.82. The van der Waals surface area contributed by atoms with E-state index < -0.39 is 0 Å². The number of unbranched alkanes of at least 4 members (excludes halogenated alkanes) is 1. The van der Waals surface area contributed by atoms with Crippen LogP contribution >= 0.6 is 43.6 Å². The molecule has 0 fully saturated rings. The minimum atomic E-state index is 0.874. The molecular formula is C11H16Br2OS. The van der Waals surface area contributed by atoms with Crippen molar-refractivity contribution in [1.29, 1.82) is 0 Å². The van der Waals surface area contributed by atoms with Crippen molar-refractivity contribution in [3.05, 3.63) is 14.9 Å². The van der Waals surface area contributed by atoms with Gasteiger partial charge in [-0.15, -0.1) is 11.8 Å². The number of furan rings is 1. The molecule has 15 heavy (non-hydrogen) atoms. The van der Waals surface area contributed by atoms with Gasteiger partial charge in [-0.25, -0.2) is 0 Å². The first-order valence-electron chi connectivity index (χ1n) is 5.30. The van der Waals surface area contributed by atoms with Crippen LogP contribution in [-0.2, 0) is 6.42 Å². The van der Waals surface area contributed by atoms with E-state index in [0.29, 0.717) is 0 Å². The third-order valence-electron chi connectivity index (χ3n) is 2.06. The van der Waals surface area contributed by atoms with E-state index in [4.69, 9.17) is 4.42 Å². The van der Waals surface area contributed by atoms with Gasteiger partial charge in [-0.3, -0.25) is 0 Å². The maximum absolute atomic E-state index is 5.67. The summed E-state index contributed by atoms with van der Waals surface area (Å²) in [5.74, 6) is 2.21. The predicted octanol–water partition coefficient (Wildman–Crippen LogP) is 5.65. The highest BCUT2D eigenvalue weighted by molar-refractivity contribution is 9.11. The largest absolute Gasteiger partial charge is 0.452 e. The van der Waals surface area contributed by atoms with Crippen LogP contribution in [0.3, 0.4) is 0 Å². The molecule has 0 atom stereocenters. The number of hydrogen-bond donors (Lipinski definition) is 0. The Hall–Kier alpha value is 0.590. The fourth-order valence-electron chi connectivity index (χ4n) is 1.24. The molecule has 0 aliphatic carbocycles. The number of hydrogen-bond acceptors (Lipinski definition) is 2. The molecule has 0 saturated heterocycles. The summed E-state index contributed by atoms with van der Waals surface area (Å²) in [7, 11) is 0. The maximum atomic E-state index is 5.67. The quantitative estimate of drug-likeness (QED) is 0.483. The van der Waals surface area contributed by atoms with Gasteiger partial charge in [0.15, 0.2) is 4.67 Å². The van der Waals surface area contributed by atoms with Crippen LogP contribution in [-0.4, -0.2) is 5.75 Å². The van der Waals surface area contributed by atoms with Crippen LogP contribution in [0.1, 0.15) is 38.9 Å². The topological polar surface area (TPSA) is 13.1 Å². The molecule has 4 heteroatoms. The van der Waals surface area contributed by atoms with Gasteiger partial charge >= 0.3 is 0 Å². The van der Waals surface area contributed by atoms with Crippen molar-refractivity contribution >= 4 is 43.6 Å². The molecule has 0 bridgehead atoms. The molecule has 0 amide bonds. The van der Waals surface area contributed by atoms with Gasteiger partial charge in [0.2, 0.25) is 0 Å². The highest BCUT2D eigenvalue weighted by Gasteiger charge is 2.16. The van der Waals surface area contributed by atoms with Crippen LogP contribution in [0.4, 0.5) is 0 Å². The lowest BCUT2D eigenvalue weighted by Crippen LogP contribution is -1.80. The Morgan fingerprint density at radius 1 is 1.20 bits per heavy atom. The molecule has 0 aliphatic rings. The molecule has 1 rings (SSSR count). The van der Waals surface area contributed by atoms with Gasteiger partial charge in [0.25, 0.3) is 0 Å². The highest BCUT2D eigenvalue weighted by atomic mass is 79.9. The first kappa shape index (κ1) is 13.7. The van der Waals surface area contributed by atoms with Crippen LogP contribution in [0.2, 0.25) is 0 Å². The van der Waals surface area contributed by atoms with Crippen LogP contribution in [0.15, 0.2) is 18.5 Å². The van der Waals surface area contributed by atoms with E-state index in [1.54, 1.807) is 0 Å². The summed E-state index contributed by atoms with van der Waals surface area (Å²) in [6.07, 6.45) is 4.59. The maximum Gasteiger partial charge on any atom is 0.184 e. The van der Waals surface area contributed by atoms with Gasteiger partial charge < -0.3 is 4.42 Å². The summed E-state index contributed by atoms with van der Waals surface area (Å²) in [4.78, 5) is 1.21. The Morgan fingerprint density at radius 3 is 2.53 bits per heavy atom. The second-order valence-corrected chi connectivity index (χ2v) is 6.01. The van der Waals surface area contributed by atoms with Crippen LogP contribution in [0.5, 0.6) is 0 Å². The zero-order valence-corrected chi connectivity index (χ0v) is 13.1. The van der Waals surface area contributed by atoms with Crippen molar-refractivity contribution in [1.82, 2.24) is 0 Å². The smallest absolute Gasteiger partial charge is 0.184 e. The summed E-state index contributed by atoms with van der Waals surface area (Å²) in [5.41, 5.74) is 0. The van der Waals surface area contributed by atoms with Gasteiger partial charge in [0, 0.05) is 6.42 Å². The van der Waals surface area contributed by atoms with Crippen molar-refractivity contribution in [2.75, 3.05) is 5.75 Å². The van der Waals surface area contributed by atoms with E-state index in [1.807, 2.05) is 11.8 Å². The average Bonchev–Trinajstić information content (AvgIpc) is 2.46. The molecule has 0 N–H and O–H groups in total. The van der Waals surface area contributed by atoms with Crippen LogP contribution < -0.4 is 0 Å². The second kappa shape index (κ2) is 7.02. The summed E-state index contributed by atoms with van der Waals surface area (Å²) < 4.78 is 7.68. The molecule has 86 valence electrons. The van der Waals surface area contributed by atoms with Crippen molar-refractivity contribution in [2.45, 2.75) is 44.4 Å². The first-order valence-corrected chi connectivity index (χ1v) is 7.87. The third-order valence-corrected chi connectivity index (χ3v) is 5.15. The van der Waals surface area contributed by atoms with Gasteiger partial charge in [0.05, 0.1) is 9.37 Å². The molecule has 0 unspecified atom stereocenters. The zero-order chi connectivity index (χ0) is 11.3. The van der Waals surface area contributed by atoms with E-state index in [0.717, 1.165) is 33.5 Å². The molecule has 0 radical (unpaired) electrons. The molecule has 1 nitrogen and oxygen atoms in total. The Kier molecular flexibility index (Phi) is 6.39. The van der Waals surface area contributed by atoms with Crippen molar-refractivity contribution < 1.29 is 4.42 Å². The number of halogens is 2. The minimum absolute atomic E-state index is 0.874. The van der Waals surface area contributed by atoms with Gasteiger partial charge in [-0.1, -0.05) is 20.3 Å².